The molecule has 0 fully saturated rings. The van der Waals surface area contributed by atoms with Crippen LogP contribution in [0.4, 0.5) is 11.4 Å². The van der Waals surface area contributed by atoms with Crippen molar-refractivity contribution in [1.29, 1.82) is 0 Å². The minimum atomic E-state index is -0.534. The molecule has 2 amide bonds. The van der Waals surface area contributed by atoms with Crippen LogP contribution in [-0.2, 0) is 4.79 Å². The van der Waals surface area contributed by atoms with E-state index in [1.165, 1.54) is 6.07 Å². The third-order valence-corrected chi connectivity index (χ3v) is 2.93. The summed E-state index contributed by atoms with van der Waals surface area (Å²) in [6.45, 7) is 4.30. The first-order valence-electron chi connectivity index (χ1n) is 6.07. The monoisotopic (exact) mass is 264 g/mol. The van der Waals surface area contributed by atoms with Gasteiger partial charge >= 0.3 is 0 Å². The lowest BCUT2D eigenvalue weighted by molar-refractivity contribution is -0.130. The molecular formula is C13H20N4O2. The molecule has 19 heavy (non-hydrogen) atoms. The first-order chi connectivity index (χ1) is 8.86. The Hall–Kier alpha value is -2.24. The van der Waals surface area contributed by atoms with E-state index in [1.54, 1.807) is 31.0 Å². The Morgan fingerprint density at radius 3 is 2.53 bits per heavy atom. The van der Waals surface area contributed by atoms with Crippen molar-refractivity contribution in [2.75, 3.05) is 24.6 Å². The van der Waals surface area contributed by atoms with E-state index in [-0.39, 0.29) is 5.91 Å². The molecule has 1 atom stereocenters. The predicted molar refractivity (Wildman–Crippen MR) is 75.8 cm³/mol. The molecule has 0 bridgehead atoms. The highest BCUT2D eigenvalue weighted by molar-refractivity contribution is 5.95. The highest BCUT2D eigenvalue weighted by atomic mass is 16.2. The molecule has 0 spiro atoms. The molecular weight excluding hydrogens is 244 g/mol. The number of nitrogens with two attached hydrogens (primary N) is 2. The number of carbonyl (C=O) groups is 2. The summed E-state index contributed by atoms with van der Waals surface area (Å²) in [5.41, 5.74) is 12.3. The highest BCUT2D eigenvalue weighted by Crippen LogP contribution is 2.20. The smallest absolute Gasteiger partial charge is 0.248 e. The first kappa shape index (κ1) is 14.8. The minimum absolute atomic E-state index is 0.0270. The molecule has 0 saturated heterocycles. The zero-order valence-corrected chi connectivity index (χ0v) is 11.4. The first-order valence-corrected chi connectivity index (χ1v) is 6.07. The summed E-state index contributed by atoms with van der Waals surface area (Å²) in [6.07, 6.45) is 0. The number of nitrogens with one attached hydrogen (secondary N) is 1. The highest BCUT2D eigenvalue weighted by Gasteiger charge is 2.17. The van der Waals surface area contributed by atoms with Crippen molar-refractivity contribution in [3.63, 3.8) is 0 Å². The van der Waals surface area contributed by atoms with E-state index < -0.39 is 11.9 Å². The van der Waals surface area contributed by atoms with Crippen LogP contribution in [-0.4, -0.2) is 36.3 Å². The molecule has 0 aliphatic rings. The quantitative estimate of drug-likeness (QED) is 0.679. The van der Waals surface area contributed by atoms with Crippen LogP contribution < -0.4 is 16.8 Å². The van der Waals surface area contributed by atoms with E-state index in [0.29, 0.717) is 23.5 Å². The fourth-order valence-corrected chi connectivity index (χ4v) is 1.63. The van der Waals surface area contributed by atoms with Crippen LogP contribution in [0.15, 0.2) is 18.2 Å². The number of carbonyl (C=O) groups excluding carboxylic acids is 2. The van der Waals surface area contributed by atoms with Gasteiger partial charge in [0.1, 0.15) is 6.04 Å². The molecule has 104 valence electrons. The van der Waals surface area contributed by atoms with Crippen molar-refractivity contribution in [3.8, 4) is 0 Å². The van der Waals surface area contributed by atoms with Crippen molar-refractivity contribution < 1.29 is 9.59 Å². The van der Waals surface area contributed by atoms with Gasteiger partial charge in [-0.1, -0.05) is 0 Å². The van der Waals surface area contributed by atoms with Crippen molar-refractivity contribution in [3.05, 3.63) is 23.8 Å². The lowest BCUT2D eigenvalue weighted by Crippen LogP contribution is -2.38. The summed E-state index contributed by atoms with van der Waals surface area (Å²) in [6, 6.07) is 4.31. The molecule has 1 rings (SSSR count). The zero-order chi connectivity index (χ0) is 14.6. The number of benzene rings is 1. The van der Waals surface area contributed by atoms with E-state index in [1.807, 2.05) is 6.92 Å². The summed E-state index contributed by atoms with van der Waals surface area (Å²) in [4.78, 5) is 24.5. The molecule has 5 N–H and O–H groups in total. The summed E-state index contributed by atoms with van der Waals surface area (Å²) >= 11 is 0. The second-order valence-corrected chi connectivity index (χ2v) is 4.38. The lowest BCUT2D eigenvalue weighted by atomic mass is 10.1. The van der Waals surface area contributed by atoms with Crippen molar-refractivity contribution in [2.45, 2.75) is 19.9 Å². The molecule has 0 radical (unpaired) electrons. The maximum absolute atomic E-state index is 11.9. The number of likely N-dealkylation sites (N-methyl/N-ethyl adjacent to an activating group) is 1. The number of rotatable bonds is 5. The topological polar surface area (TPSA) is 101 Å². The molecule has 6 nitrogen and oxygen atoms in total. The van der Waals surface area contributed by atoms with E-state index in [9.17, 15) is 9.59 Å². The van der Waals surface area contributed by atoms with E-state index in [2.05, 4.69) is 5.32 Å². The summed E-state index contributed by atoms with van der Waals surface area (Å²) in [5, 5.41) is 3.02. The van der Waals surface area contributed by atoms with E-state index in [4.69, 9.17) is 11.5 Å². The molecule has 0 heterocycles. The maximum atomic E-state index is 11.9. The fraction of sp³-hybridized carbons (Fsp3) is 0.385. The second-order valence-electron chi connectivity index (χ2n) is 4.38. The molecule has 0 aromatic heterocycles. The van der Waals surface area contributed by atoms with Crippen LogP contribution in [0.1, 0.15) is 24.2 Å². The summed E-state index contributed by atoms with van der Waals surface area (Å²) in [7, 11) is 1.74. The third-order valence-electron chi connectivity index (χ3n) is 2.93. The van der Waals surface area contributed by atoms with Crippen LogP contribution in [0.3, 0.4) is 0 Å². The van der Waals surface area contributed by atoms with Gasteiger partial charge < -0.3 is 21.7 Å². The average molecular weight is 264 g/mol. The molecule has 1 unspecified atom stereocenters. The van der Waals surface area contributed by atoms with Crippen LogP contribution in [0.5, 0.6) is 0 Å². The Labute approximate surface area is 112 Å². The standard InChI is InChI=1S/C13H20N4O2/c1-4-17(3)13(19)8(2)16-11-6-5-9(12(15)18)7-10(11)14/h5-8,16H,4,14H2,1-3H3,(H2,15,18). The Kier molecular flexibility index (Phi) is 4.74. The summed E-state index contributed by atoms with van der Waals surface area (Å²) < 4.78 is 0. The third kappa shape index (κ3) is 3.61. The van der Waals surface area contributed by atoms with Gasteiger partial charge in [-0.3, -0.25) is 9.59 Å². The largest absolute Gasteiger partial charge is 0.397 e. The van der Waals surface area contributed by atoms with Crippen LogP contribution in [0.25, 0.3) is 0 Å². The number of nitrogens with zero attached hydrogens (tertiary/aromatic N) is 1. The predicted octanol–water partition coefficient (Wildman–Crippen LogP) is 0.646. The van der Waals surface area contributed by atoms with Crippen molar-refractivity contribution in [1.82, 2.24) is 4.90 Å². The molecule has 6 heteroatoms. The van der Waals surface area contributed by atoms with Gasteiger partial charge in [0, 0.05) is 19.2 Å². The number of primary amides is 1. The fourth-order valence-electron chi connectivity index (χ4n) is 1.63. The zero-order valence-electron chi connectivity index (χ0n) is 11.4. The Morgan fingerprint density at radius 1 is 1.42 bits per heavy atom. The second kappa shape index (κ2) is 6.08. The summed E-state index contributed by atoms with van der Waals surface area (Å²) in [5.74, 6) is -0.561. The van der Waals surface area contributed by atoms with E-state index >= 15 is 0 Å². The van der Waals surface area contributed by atoms with Gasteiger partial charge in [0.2, 0.25) is 11.8 Å². The molecule has 1 aromatic carbocycles. The molecule has 1 aromatic rings. The SMILES string of the molecule is CCN(C)C(=O)C(C)Nc1ccc(C(N)=O)cc1N. The lowest BCUT2D eigenvalue weighted by Gasteiger charge is -2.22. The minimum Gasteiger partial charge on any atom is -0.397 e. The van der Waals surface area contributed by atoms with Gasteiger partial charge in [-0.2, -0.15) is 0 Å². The van der Waals surface area contributed by atoms with Crippen molar-refractivity contribution in [2.24, 2.45) is 5.73 Å². The Bertz CT molecular complexity index is 488. The van der Waals surface area contributed by atoms with Gasteiger partial charge in [-0.05, 0) is 32.0 Å². The Balaban J connectivity index is 2.83. The average Bonchev–Trinajstić information content (AvgIpc) is 2.38. The number of nitrogen functional groups attached to an aromatic ring is 1. The number of anilines is 2. The van der Waals surface area contributed by atoms with Crippen LogP contribution >= 0.6 is 0 Å². The Morgan fingerprint density at radius 2 is 2.05 bits per heavy atom. The van der Waals surface area contributed by atoms with Gasteiger partial charge in [0.05, 0.1) is 11.4 Å². The van der Waals surface area contributed by atoms with Crippen LogP contribution in [0, 0.1) is 0 Å². The van der Waals surface area contributed by atoms with Crippen molar-refractivity contribution >= 4 is 23.2 Å². The van der Waals surface area contributed by atoms with Gasteiger partial charge in [-0.25, -0.2) is 0 Å². The number of hydrogen-bond donors (Lipinski definition) is 3. The van der Waals surface area contributed by atoms with Crippen LogP contribution in [0.2, 0.25) is 0 Å². The molecule has 0 saturated carbocycles. The van der Waals surface area contributed by atoms with Gasteiger partial charge in [-0.15, -0.1) is 0 Å². The van der Waals surface area contributed by atoms with Gasteiger partial charge in [0.25, 0.3) is 0 Å². The number of hydrogen-bond acceptors (Lipinski definition) is 4. The number of amides is 2. The molecule has 0 aliphatic heterocycles. The molecule has 0 aliphatic carbocycles. The maximum Gasteiger partial charge on any atom is 0.248 e. The van der Waals surface area contributed by atoms with E-state index in [0.717, 1.165) is 0 Å². The normalized spacial score (nSPS) is 11.7. The van der Waals surface area contributed by atoms with Gasteiger partial charge in [0.15, 0.2) is 0 Å².